The number of rotatable bonds is 3. The van der Waals surface area contributed by atoms with E-state index in [0.29, 0.717) is 11.4 Å². The van der Waals surface area contributed by atoms with Crippen LogP contribution in [0.15, 0.2) is 12.3 Å². The van der Waals surface area contributed by atoms with Crippen LogP contribution in [0.5, 0.6) is 0 Å². The number of aromatic amines is 1. The Balaban J connectivity index is 2.79. The van der Waals surface area contributed by atoms with Crippen molar-refractivity contribution in [1.82, 2.24) is 10.3 Å². The maximum atomic E-state index is 11.8. The van der Waals surface area contributed by atoms with Crippen LogP contribution < -0.4 is 11.1 Å². The normalized spacial score (nSPS) is 12.6. The fourth-order valence-electron chi connectivity index (χ4n) is 1.05. The minimum atomic E-state index is -1.01. The maximum Gasteiger partial charge on any atom is 0.268 e. The SMILES string of the molecule is CC(C)(O)C(C)(C)NC(=O)c1cc(N)c[nH]1. The summed E-state index contributed by atoms with van der Waals surface area (Å²) in [5.41, 5.74) is 4.65. The van der Waals surface area contributed by atoms with Gasteiger partial charge in [-0.15, -0.1) is 0 Å². The maximum absolute atomic E-state index is 11.8. The van der Waals surface area contributed by atoms with Gasteiger partial charge in [0.15, 0.2) is 0 Å². The van der Waals surface area contributed by atoms with Crippen molar-refractivity contribution in [3.8, 4) is 0 Å². The van der Waals surface area contributed by atoms with Gasteiger partial charge in [-0.2, -0.15) is 0 Å². The molecular formula is C11H19N3O2. The molecule has 0 radical (unpaired) electrons. The van der Waals surface area contributed by atoms with Gasteiger partial charge in [-0.3, -0.25) is 4.79 Å². The average Bonchev–Trinajstić information content (AvgIpc) is 2.48. The van der Waals surface area contributed by atoms with Gasteiger partial charge in [0.2, 0.25) is 0 Å². The number of hydrogen-bond acceptors (Lipinski definition) is 3. The summed E-state index contributed by atoms with van der Waals surface area (Å²) in [7, 11) is 0. The largest absolute Gasteiger partial charge is 0.397 e. The zero-order valence-corrected chi connectivity index (χ0v) is 10.1. The minimum absolute atomic E-state index is 0.288. The molecule has 0 unspecified atom stereocenters. The van der Waals surface area contributed by atoms with Gasteiger partial charge in [0, 0.05) is 11.9 Å². The molecule has 0 spiro atoms. The van der Waals surface area contributed by atoms with Crippen molar-refractivity contribution in [2.75, 3.05) is 5.73 Å². The van der Waals surface area contributed by atoms with E-state index in [0.717, 1.165) is 0 Å². The topological polar surface area (TPSA) is 91.1 Å². The third kappa shape index (κ3) is 2.55. The van der Waals surface area contributed by atoms with E-state index >= 15 is 0 Å². The molecule has 16 heavy (non-hydrogen) atoms. The van der Waals surface area contributed by atoms with Crippen molar-refractivity contribution < 1.29 is 9.90 Å². The molecular weight excluding hydrogens is 206 g/mol. The van der Waals surface area contributed by atoms with Gasteiger partial charge in [0.25, 0.3) is 5.91 Å². The van der Waals surface area contributed by atoms with Crippen LogP contribution in [0.2, 0.25) is 0 Å². The lowest BCUT2D eigenvalue weighted by atomic mass is 9.86. The number of carbonyl (C=O) groups is 1. The lowest BCUT2D eigenvalue weighted by Crippen LogP contribution is -2.57. The Labute approximate surface area is 95.0 Å². The number of nitrogens with two attached hydrogens (primary N) is 1. The molecule has 0 atom stereocenters. The van der Waals surface area contributed by atoms with Gasteiger partial charge >= 0.3 is 0 Å². The highest BCUT2D eigenvalue weighted by Crippen LogP contribution is 2.21. The summed E-state index contributed by atoms with van der Waals surface area (Å²) in [5.74, 6) is -0.288. The van der Waals surface area contributed by atoms with Crippen LogP contribution >= 0.6 is 0 Å². The molecule has 90 valence electrons. The quantitative estimate of drug-likeness (QED) is 0.615. The van der Waals surface area contributed by atoms with Gasteiger partial charge < -0.3 is 21.1 Å². The van der Waals surface area contributed by atoms with Gasteiger partial charge in [-0.1, -0.05) is 0 Å². The van der Waals surface area contributed by atoms with E-state index in [1.165, 1.54) is 0 Å². The first-order valence-electron chi connectivity index (χ1n) is 5.12. The monoisotopic (exact) mass is 225 g/mol. The van der Waals surface area contributed by atoms with E-state index in [9.17, 15) is 9.90 Å². The molecule has 0 aliphatic heterocycles. The van der Waals surface area contributed by atoms with Crippen LogP contribution in [0.4, 0.5) is 5.69 Å². The Hall–Kier alpha value is -1.49. The van der Waals surface area contributed by atoms with Crippen molar-refractivity contribution in [2.45, 2.75) is 38.8 Å². The summed E-state index contributed by atoms with van der Waals surface area (Å²) in [6.07, 6.45) is 1.55. The van der Waals surface area contributed by atoms with Crippen molar-refractivity contribution in [3.05, 3.63) is 18.0 Å². The molecule has 1 amide bonds. The standard InChI is InChI=1S/C11H19N3O2/c1-10(2,11(3,4)16)14-9(15)8-5-7(12)6-13-8/h5-6,13,16H,12H2,1-4H3,(H,14,15). The van der Waals surface area contributed by atoms with E-state index in [1.54, 1.807) is 40.0 Å². The number of aromatic nitrogens is 1. The summed E-state index contributed by atoms with van der Waals surface area (Å²) in [4.78, 5) is 14.6. The predicted molar refractivity (Wildman–Crippen MR) is 63.0 cm³/mol. The Morgan fingerprint density at radius 1 is 1.44 bits per heavy atom. The number of nitrogen functional groups attached to an aromatic ring is 1. The zero-order valence-electron chi connectivity index (χ0n) is 10.1. The first-order chi connectivity index (χ1) is 7.13. The Bertz CT molecular complexity index is 388. The lowest BCUT2D eigenvalue weighted by molar-refractivity contribution is -0.00301. The second-order valence-corrected chi connectivity index (χ2v) is 4.98. The van der Waals surface area contributed by atoms with Gasteiger partial charge in [-0.25, -0.2) is 0 Å². The van der Waals surface area contributed by atoms with Gasteiger partial charge in [0.1, 0.15) is 5.69 Å². The van der Waals surface area contributed by atoms with E-state index in [-0.39, 0.29) is 5.91 Å². The van der Waals surface area contributed by atoms with Gasteiger partial charge in [0.05, 0.1) is 11.1 Å². The van der Waals surface area contributed by atoms with E-state index in [4.69, 9.17) is 5.73 Å². The minimum Gasteiger partial charge on any atom is -0.397 e. The molecule has 1 aromatic heterocycles. The number of carbonyl (C=O) groups excluding carboxylic acids is 1. The van der Waals surface area contributed by atoms with Crippen LogP contribution in [0, 0.1) is 0 Å². The van der Waals surface area contributed by atoms with E-state index in [1.807, 2.05) is 0 Å². The molecule has 1 aromatic rings. The van der Waals surface area contributed by atoms with E-state index < -0.39 is 11.1 Å². The van der Waals surface area contributed by atoms with Crippen LogP contribution in [0.25, 0.3) is 0 Å². The smallest absolute Gasteiger partial charge is 0.268 e. The number of aliphatic hydroxyl groups is 1. The molecule has 0 saturated carbocycles. The van der Waals surface area contributed by atoms with E-state index in [2.05, 4.69) is 10.3 Å². The predicted octanol–water partition coefficient (Wildman–Crippen LogP) is 0.876. The van der Waals surface area contributed by atoms with Crippen LogP contribution in [0.3, 0.4) is 0 Å². The molecule has 5 N–H and O–H groups in total. The van der Waals surface area contributed by atoms with Crippen molar-refractivity contribution in [3.63, 3.8) is 0 Å². The third-order valence-electron chi connectivity index (χ3n) is 2.91. The molecule has 0 saturated heterocycles. The van der Waals surface area contributed by atoms with Crippen molar-refractivity contribution in [1.29, 1.82) is 0 Å². The Morgan fingerprint density at radius 3 is 2.38 bits per heavy atom. The molecule has 5 nitrogen and oxygen atoms in total. The molecule has 1 heterocycles. The highest BCUT2D eigenvalue weighted by molar-refractivity contribution is 5.93. The van der Waals surface area contributed by atoms with Crippen molar-refractivity contribution >= 4 is 11.6 Å². The second-order valence-electron chi connectivity index (χ2n) is 4.98. The second kappa shape index (κ2) is 3.83. The molecule has 0 bridgehead atoms. The highest BCUT2D eigenvalue weighted by atomic mass is 16.3. The molecule has 5 heteroatoms. The zero-order chi connectivity index (χ0) is 12.6. The summed E-state index contributed by atoms with van der Waals surface area (Å²) < 4.78 is 0. The summed E-state index contributed by atoms with van der Waals surface area (Å²) in [6.45, 7) is 6.82. The number of hydrogen-bond donors (Lipinski definition) is 4. The molecule has 0 aliphatic carbocycles. The first-order valence-corrected chi connectivity index (χ1v) is 5.12. The molecule has 0 fully saturated rings. The molecule has 0 aliphatic rings. The molecule has 1 rings (SSSR count). The average molecular weight is 225 g/mol. The fraction of sp³-hybridized carbons (Fsp3) is 0.545. The summed E-state index contributed by atoms with van der Waals surface area (Å²) >= 11 is 0. The Kier molecular flexibility index (Phi) is 3.01. The van der Waals surface area contributed by atoms with Gasteiger partial charge in [-0.05, 0) is 33.8 Å². The lowest BCUT2D eigenvalue weighted by Gasteiger charge is -2.37. The Morgan fingerprint density at radius 2 is 2.00 bits per heavy atom. The highest BCUT2D eigenvalue weighted by Gasteiger charge is 2.36. The fourth-order valence-corrected chi connectivity index (χ4v) is 1.05. The van der Waals surface area contributed by atoms with Crippen LogP contribution in [-0.2, 0) is 0 Å². The molecule has 0 aromatic carbocycles. The number of anilines is 1. The van der Waals surface area contributed by atoms with Crippen LogP contribution in [-0.4, -0.2) is 27.1 Å². The third-order valence-corrected chi connectivity index (χ3v) is 2.91. The number of amides is 1. The number of H-pyrrole nitrogens is 1. The summed E-state index contributed by atoms with van der Waals surface area (Å²) in [5, 5.41) is 12.6. The van der Waals surface area contributed by atoms with Crippen LogP contribution in [0.1, 0.15) is 38.2 Å². The van der Waals surface area contributed by atoms with Crippen molar-refractivity contribution in [2.24, 2.45) is 0 Å². The number of nitrogens with one attached hydrogen (secondary N) is 2. The summed E-state index contributed by atoms with van der Waals surface area (Å²) in [6, 6.07) is 1.55. The first kappa shape index (κ1) is 12.6.